The molecule has 114 valence electrons. The Bertz CT molecular complexity index is 530. The standard InChI is InChI=1S/C12H23N5O2S/c1-3-11(8-13)16-4-6-17(7-5-16)20(18,19)12-9-14-15-10(12)2/h9,11H,3-8,13H2,1-2H3,(H,14,15). The molecule has 0 saturated carbocycles. The predicted molar refractivity (Wildman–Crippen MR) is 76.8 cm³/mol. The molecule has 0 spiro atoms. The Kier molecular flexibility index (Phi) is 4.79. The number of sulfonamides is 1. The molecule has 1 aliphatic heterocycles. The molecule has 1 atom stereocenters. The first-order chi connectivity index (χ1) is 9.50. The predicted octanol–water partition coefficient (Wildman–Crippen LogP) is -0.238. The monoisotopic (exact) mass is 301 g/mol. The smallest absolute Gasteiger partial charge is 0.246 e. The van der Waals surface area contributed by atoms with Gasteiger partial charge in [-0.25, -0.2) is 8.42 Å². The van der Waals surface area contributed by atoms with Crippen LogP contribution in [0.3, 0.4) is 0 Å². The highest BCUT2D eigenvalue weighted by atomic mass is 32.2. The van der Waals surface area contributed by atoms with E-state index in [-0.39, 0.29) is 4.90 Å². The minimum Gasteiger partial charge on any atom is -0.329 e. The quantitative estimate of drug-likeness (QED) is 0.783. The third kappa shape index (κ3) is 2.88. The second-order valence-electron chi connectivity index (χ2n) is 5.10. The number of piperazine rings is 1. The summed E-state index contributed by atoms with van der Waals surface area (Å²) in [5, 5.41) is 6.47. The lowest BCUT2D eigenvalue weighted by Gasteiger charge is -2.37. The van der Waals surface area contributed by atoms with Crippen molar-refractivity contribution >= 4 is 10.0 Å². The van der Waals surface area contributed by atoms with Crippen molar-refractivity contribution in [2.24, 2.45) is 5.73 Å². The van der Waals surface area contributed by atoms with E-state index in [0.717, 1.165) is 19.5 Å². The van der Waals surface area contributed by atoms with Gasteiger partial charge in [0.05, 0.1) is 11.9 Å². The average molecular weight is 301 g/mol. The Labute approximate surface area is 120 Å². The molecule has 1 aromatic heterocycles. The van der Waals surface area contributed by atoms with Crippen LogP contribution in [0.25, 0.3) is 0 Å². The zero-order valence-corrected chi connectivity index (χ0v) is 12.9. The Morgan fingerprint density at radius 1 is 1.40 bits per heavy atom. The lowest BCUT2D eigenvalue weighted by Crippen LogP contribution is -2.53. The number of H-pyrrole nitrogens is 1. The summed E-state index contributed by atoms with van der Waals surface area (Å²) in [4.78, 5) is 2.55. The molecule has 7 nitrogen and oxygen atoms in total. The summed E-state index contributed by atoms with van der Waals surface area (Å²) in [5.74, 6) is 0. The van der Waals surface area contributed by atoms with Crippen LogP contribution in [-0.2, 0) is 10.0 Å². The number of nitrogens with two attached hydrogens (primary N) is 1. The van der Waals surface area contributed by atoms with Crippen molar-refractivity contribution < 1.29 is 8.42 Å². The maximum atomic E-state index is 12.5. The van der Waals surface area contributed by atoms with Crippen molar-refractivity contribution in [3.8, 4) is 0 Å². The van der Waals surface area contributed by atoms with Gasteiger partial charge in [0.25, 0.3) is 0 Å². The average Bonchev–Trinajstić information content (AvgIpc) is 2.88. The first kappa shape index (κ1) is 15.4. The number of hydrogen-bond donors (Lipinski definition) is 2. The van der Waals surface area contributed by atoms with Crippen LogP contribution in [0.15, 0.2) is 11.1 Å². The van der Waals surface area contributed by atoms with Gasteiger partial charge in [-0.15, -0.1) is 0 Å². The van der Waals surface area contributed by atoms with Crippen LogP contribution >= 0.6 is 0 Å². The Balaban J connectivity index is 2.06. The number of rotatable bonds is 5. The van der Waals surface area contributed by atoms with E-state index in [1.165, 1.54) is 10.5 Å². The molecule has 1 fully saturated rings. The molecular weight excluding hydrogens is 278 g/mol. The van der Waals surface area contributed by atoms with E-state index in [0.29, 0.717) is 31.4 Å². The van der Waals surface area contributed by atoms with Crippen molar-refractivity contribution in [3.63, 3.8) is 0 Å². The Morgan fingerprint density at radius 2 is 2.05 bits per heavy atom. The molecule has 1 unspecified atom stereocenters. The normalized spacial score (nSPS) is 20.1. The fourth-order valence-electron chi connectivity index (χ4n) is 2.62. The number of nitrogens with one attached hydrogen (secondary N) is 1. The van der Waals surface area contributed by atoms with Crippen LogP contribution < -0.4 is 5.73 Å². The Morgan fingerprint density at radius 3 is 2.50 bits per heavy atom. The molecule has 3 N–H and O–H groups in total. The van der Waals surface area contributed by atoms with Crippen molar-refractivity contribution in [2.75, 3.05) is 32.7 Å². The molecule has 2 heterocycles. The van der Waals surface area contributed by atoms with Crippen molar-refractivity contribution in [2.45, 2.75) is 31.2 Å². The van der Waals surface area contributed by atoms with Crippen molar-refractivity contribution in [1.29, 1.82) is 0 Å². The highest BCUT2D eigenvalue weighted by Crippen LogP contribution is 2.20. The van der Waals surface area contributed by atoms with E-state index in [1.54, 1.807) is 6.92 Å². The fourth-order valence-corrected chi connectivity index (χ4v) is 4.16. The molecule has 1 aliphatic rings. The van der Waals surface area contributed by atoms with Crippen LogP contribution in [0.1, 0.15) is 19.0 Å². The number of nitrogens with zero attached hydrogens (tertiary/aromatic N) is 3. The van der Waals surface area contributed by atoms with Gasteiger partial charge in [0.15, 0.2) is 0 Å². The molecular formula is C12H23N5O2S. The minimum absolute atomic E-state index is 0.275. The van der Waals surface area contributed by atoms with Gasteiger partial charge in [0, 0.05) is 38.8 Å². The maximum Gasteiger partial charge on any atom is 0.246 e. The van der Waals surface area contributed by atoms with E-state index >= 15 is 0 Å². The lowest BCUT2D eigenvalue weighted by molar-refractivity contribution is 0.137. The summed E-state index contributed by atoms with van der Waals surface area (Å²) in [6.45, 7) is 6.90. The molecule has 0 amide bonds. The number of hydrogen-bond acceptors (Lipinski definition) is 5. The summed E-state index contributed by atoms with van der Waals surface area (Å²) in [6.07, 6.45) is 2.37. The highest BCUT2D eigenvalue weighted by Gasteiger charge is 2.31. The first-order valence-corrected chi connectivity index (χ1v) is 8.39. The van der Waals surface area contributed by atoms with Crippen molar-refractivity contribution in [3.05, 3.63) is 11.9 Å². The van der Waals surface area contributed by atoms with Gasteiger partial charge in [0.1, 0.15) is 4.90 Å². The van der Waals surface area contributed by atoms with Crippen LogP contribution in [0.4, 0.5) is 0 Å². The largest absolute Gasteiger partial charge is 0.329 e. The SMILES string of the molecule is CCC(CN)N1CCN(S(=O)(=O)c2cn[nH]c2C)CC1. The molecule has 0 aliphatic carbocycles. The van der Waals surface area contributed by atoms with Gasteiger partial charge >= 0.3 is 0 Å². The zero-order chi connectivity index (χ0) is 14.8. The number of aryl methyl sites for hydroxylation is 1. The maximum absolute atomic E-state index is 12.5. The minimum atomic E-state index is -3.43. The molecule has 2 rings (SSSR count). The molecule has 0 aromatic carbocycles. The summed E-state index contributed by atoms with van der Waals surface area (Å²) in [7, 11) is -3.43. The third-order valence-corrected chi connectivity index (χ3v) is 5.95. The molecule has 0 bridgehead atoms. The van der Waals surface area contributed by atoms with Gasteiger partial charge in [-0.05, 0) is 13.3 Å². The van der Waals surface area contributed by atoms with Gasteiger partial charge in [0.2, 0.25) is 10.0 Å². The fraction of sp³-hybridized carbons (Fsp3) is 0.750. The molecule has 0 radical (unpaired) electrons. The molecule has 8 heteroatoms. The lowest BCUT2D eigenvalue weighted by atomic mass is 10.1. The second-order valence-corrected chi connectivity index (χ2v) is 7.00. The van der Waals surface area contributed by atoms with Gasteiger partial charge < -0.3 is 5.73 Å². The van der Waals surface area contributed by atoms with Gasteiger partial charge in [-0.2, -0.15) is 9.40 Å². The van der Waals surface area contributed by atoms with Crippen LogP contribution in [0.5, 0.6) is 0 Å². The van der Waals surface area contributed by atoms with Gasteiger partial charge in [-0.1, -0.05) is 6.92 Å². The van der Waals surface area contributed by atoms with E-state index in [9.17, 15) is 8.42 Å². The zero-order valence-electron chi connectivity index (χ0n) is 12.0. The molecule has 20 heavy (non-hydrogen) atoms. The summed E-state index contributed by atoms with van der Waals surface area (Å²) in [5.41, 5.74) is 6.33. The van der Waals surface area contributed by atoms with E-state index in [1.807, 2.05) is 0 Å². The van der Waals surface area contributed by atoms with E-state index < -0.39 is 10.0 Å². The first-order valence-electron chi connectivity index (χ1n) is 6.95. The second kappa shape index (κ2) is 6.21. The van der Waals surface area contributed by atoms with Crippen LogP contribution in [-0.4, -0.2) is 66.6 Å². The van der Waals surface area contributed by atoms with Crippen LogP contribution in [0.2, 0.25) is 0 Å². The number of aromatic amines is 1. The van der Waals surface area contributed by atoms with E-state index in [4.69, 9.17) is 5.73 Å². The topological polar surface area (TPSA) is 95.3 Å². The molecule has 1 saturated heterocycles. The van der Waals surface area contributed by atoms with Gasteiger partial charge in [-0.3, -0.25) is 10.00 Å². The summed E-state index contributed by atoms with van der Waals surface area (Å²) >= 11 is 0. The molecule has 1 aromatic rings. The van der Waals surface area contributed by atoms with E-state index in [2.05, 4.69) is 22.0 Å². The van der Waals surface area contributed by atoms with Crippen molar-refractivity contribution in [1.82, 2.24) is 19.4 Å². The Hall–Kier alpha value is -0.960. The summed E-state index contributed by atoms with van der Waals surface area (Å²) in [6, 6.07) is 0.343. The summed E-state index contributed by atoms with van der Waals surface area (Å²) < 4.78 is 26.5. The van der Waals surface area contributed by atoms with Crippen LogP contribution in [0, 0.1) is 6.92 Å². The third-order valence-electron chi connectivity index (χ3n) is 3.93. The highest BCUT2D eigenvalue weighted by molar-refractivity contribution is 7.89. The number of aromatic nitrogens is 2.